The van der Waals surface area contributed by atoms with Gasteiger partial charge in [0.1, 0.15) is 5.82 Å². The van der Waals surface area contributed by atoms with E-state index in [0.29, 0.717) is 41.5 Å². The number of anilines is 2. The number of nitrogens with zero attached hydrogens (tertiary/aromatic N) is 4. The molecule has 0 atom stereocenters. The number of hydrogen-bond donors (Lipinski definition) is 0. The van der Waals surface area contributed by atoms with Crippen molar-refractivity contribution < 1.29 is 43.9 Å². The standard InChI is InChI=1S/C29H29ClF6N4O3S/c1-4-38-22-13-12-19(28(31,32)33)16-24(22)39(5-2)27(38)11-8-6-7-10-26-37(3)23-18-21(30)20(29(34,35)36)17-25(23)40(26)14-9-15-44(41,42)43/h6-8,10-13,16-18H,4-5,9,14-15H2,1-3H3. The summed E-state index contributed by atoms with van der Waals surface area (Å²) in [6.07, 6.45) is -1.03. The van der Waals surface area contributed by atoms with Gasteiger partial charge in [0.05, 0.1) is 50.7 Å². The number of rotatable bonds is 9. The summed E-state index contributed by atoms with van der Waals surface area (Å²) in [6, 6.07) is 5.69. The van der Waals surface area contributed by atoms with Crippen molar-refractivity contribution in [2.45, 2.75) is 45.7 Å². The quantitative estimate of drug-likeness (QED) is 0.107. The minimum Gasteiger partial charge on any atom is -0.748 e. The molecule has 44 heavy (non-hydrogen) atoms. The van der Waals surface area contributed by atoms with Gasteiger partial charge in [-0.3, -0.25) is 0 Å². The number of aromatic nitrogens is 2. The van der Waals surface area contributed by atoms with Gasteiger partial charge in [0.2, 0.25) is 0 Å². The fourth-order valence-corrected chi connectivity index (χ4v) is 5.99. The molecular formula is C29H29ClF6N4O3S. The molecule has 0 aliphatic carbocycles. The molecule has 0 amide bonds. The van der Waals surface area contributed by atoms with Gasteiger partial charge in [0.15, 0.2) is 11.0 Å². The van der Waals surface area contributed by atoms with Crippen LogP contribution < -0.4 is 14.4 Å². The smallest absolute Gasteiger partial charge is 0.417 e. The van der Waals surface area contributed by atoms with Gasteiger partial charge in [-0.15, -0.1) is 0 Å². The Labute approximate surface area is 255 Å². The average Bonchev–Trinajstić information content (AvgIpc) is 3.36. The Morgan fingerprint density at radius 3 is 2.27 bits per heavy atom. The van der Waals surface area contributed by atoms with Crippen molar-refractivity contribution in [2.24, 2.45) is 0 Å². The third-order valence-electron chi connectivity index (χ3n) is 7.20. The fourth-order valence-electron chi connectivity index (χ4n) is 5.25. The number of hydrogen-bond acceptors (Lipinski definition) is 5. The lowest BCUT2D eigenvalue weighted by atomic mass is 10.1. The first-order valence-electron chi connectivity index (χ1n) is 13.5. The Morgan fingerprint density at radius 2 is 1.68 bits per heavy atom. The zero-order valence-electron chi connectivity index (χ0n) is 23.9. The topological polar surface area (TPSA) is 72.5 Å². The van der Waals surface area contributed by atoms with Gasteiger partial charge >= 0.3 is 12.4 Å². The summed E-state index contributed by atoms with van der Waals surface area (Å²) in [6.45, 7) is 4.57. The van der Waals surface area contributed by atoms with Crippen LogP contribution in [0.5, 0.6) is 0 Å². The van der Waals surface area contributed by atoms with E-state index in [1.54, 1.807) is 46.9 Å². The molecule has 4 rings (SSSR count). The molecule has 0 N–H and O–H groups in total. The second kappa shape index (κ2) is 12.5. The second-order valence-electron chi connectivity index (χ2n) is 9.96. The number of aryl methyl sites for hydroxylation is 2. The number of alkyl halides is 6. The number of imidazole rings is 1. The third kappa shape index (κ3) is 6.92. The molecule has 0 unspecified atom stereocenters. The molecule has 15 heteroatoms. The van der Waals surface area contributed by atoms with Gasteiger partial charge < -0.3 is 14.4 Å². The molecule has 1 aliphatic rings. The minimum atomic E-state index is -4.73. The van der Waals surface area contributed by atoms with Crippen LogP contribution in [0.3, 0.4) is 0 Å². The first kappa shape index (κ1) is 33.4. The maximum absolute atomic E-state index is 13.6. The second-order valence-corrected chi connectivity index (χ2v) is 11.9. The highest BCUT2D eigenvalue weighted by Crippen LogP contribution is 2.47. The summed E-state index contributed by atoms with van der Waals surface area (Å²) in [5.74, 6) is 0.387. The van der Waals surface area contributed by atoms with Gasteiger partial charge in [-0.1, -0.05) is 29.8 Å². The molecule has 1 aromatic heterocycles. The van der Waals surface area contributed by atoms with Crippen LogP contribution in [0.2, 0.25) is 5.02 Å². The van der Waals surface area contributed by atoms with E-state index in [1.807, 2.05) is 18.4 Å². The van der Waals surface area contributed by atoms with Crippen molar-refractivity contribution in [1.29, 1.82) is 0 Å². The van der Waals surface area contributed by atoms with Gasteiger partial charge in [0, 0.05) is 31.5 Å². The van der Waals surface area contributed by atoms with E-state index in [0.717, 1.165) is 18.2 Å². The Bertz CT molecular complexity index is 1760. The molecule has 2 aromatic carbocycles. The third-order valence-corrected chi connectivity index (χ3v) is 8.30. The van der Waals surface area contributed by atoms with Crippen LogP contribution in [0, 0.1) is 0 Å². The summed E-state index contributed by atoms with van der Waals surface area (Å²) in [5.41, 5.74) is -0.204. The van der Waals surface area contributed by atoms with E-state index in [1.165, 1.54) is 17.0 Å². The Kier molecular flexibility index (Phi) is 9.48. The highest BCUT2D eigenvalue weighted by molar-refractivity contribution is 7.85. The van der Waals surface area contributed by atoms with Crippen LogP contribution in [0.25, 0.3) is 17.1 Å². The van der Waals surface area contributed by atoms with E-state index in [2.05, 4.69) is 0 Å². The molecule has 7 nitrogen and oxygen atoms in total. The minimum absolute atomic E-state index is 0.0553. The van der Waals surface area contributed by atoms with Gasteiger partial charge in [0.25, 0.3) is 5.82 Å². The summed E-state index contributed by atoms with van der Waals surface area (Å²) < 4.78 is 118. The van der Waals surface area contributed by atoms with Gasteiger partial charge in [-0.25, -0.2) is 17.6 Å². The van der Waals surface area contributed by atoms with E-state index in [9.17, 15) is 39.3 Å². The molecule has 0 spiro atoms. The summed E-state index contributed by atoms with van der Waals surface area (Å²) in [4.78, 5) is 3.08. The fraction of sp³-hybridized carbons (Fsp3) is 0.345. The summed E-state index contributed by atoms with van der Waals surface area (Å²) in [5, 5.41) is -0.497. The van der Waals surface area contributed by atoms with Crippen molar-refractivity contribution in [3.05, 3.63) is 82.4 Å². The lowest BCUT2D eigenvalue weighted by Crippen LogP contribution is -2.35. The molecule has 0 saturated carbocycles. The predicted octanol–water partition coefficient (Wildman–Crippen LogP) is 6.96. The zero-order chi connectivity index (χ0) is 32.6. The average molecular weight is 663 g/mol. The van der Waals surface area contributed by atoms with Crippen LogP contribution in [-0.2, 0) is 35.6 Å². The maximum atomic E-state index is 13.6. The molecule has 1 aliphatic heterocycles. The van der Waals surface area contributed by atoms with Gasteiger partial charge in [-0.2, -0.15) is 26.3 Å². The summed E-state index contributed by atoms with van der Waals surface area (Å²) >= 11 is 5.94. The van der Waals surface area contributed by atoms with Crippen molar-refractivity contribution in [2.75, 3.05) is 29.1 Å². The Balaban J connectivity index is 1.68. The normalized spacial score (nSPS) is 15.6. The summed E-state index contributed by atoms with van der Waals surface area (Å²) in [7, 11) is -2.93. The molecular weight excluding hydrogens is 634 g/mol. The van der Waals surface area contributed by atoms with E-state index in [4.69, 9.17) is 11.6 Å². The molecule has 2 heterocycles. The number of fused-ring (bicyclic) bond motifs is 2. The van der Waals surface area contributed by atoms with Crippen molar-refractivity contribution >= 4 is 50.2 Å². The van der Waals surface area contributed by atoms with E-state index in [-0.39, 0.29) is 18.7 Å². The van der Waals surface area contributed by atoms with Gasteiger partial charge in [-0.05, 0) is 50.6 Å². The largest absolute Gasteiger partial charge is 0.748 e. The lowest BCUT2D eigenvalue weighted by molar-refractivity contribution is -0.670. The maximum Gasteiger partial charge on any atom is 0.417 e. The van der Waals surface area contributed by atoms with Crippen molar-refractivity contribution in [1.82, 2.24) is 4.57 Å². The highest BCUT2D eigenvalue weighted by Gasteiger charge is 2.38. The van der Waals surface area contributed by atoms with Crippen LogP contribution in [0.4, 0.5) is 37.7 Å². The molecule has 238 valence electrons. The number of benzene rings is 2. The van der Waals surface area contributed by atoms with E-state index >= 15 is 0 Å². The number of allylic oxidation sites excluding steroid dienone is 4. The van der Waals surface area contributed by atoms with Crippen molar-refractivity contribution in [3.63, 3.8) is 0 Å². The predicted molar refractivity (Wildman–Crippen MR) is 156 cm³/mol. The van der Waals surface area contributed by atoms with Crippen LogP contribution >= 0.6 is 11.6 Å². The molecule has 0 saturated heterocycles. The molecule has 0 radical (unpaired) electrons. The van der Waals surface area contributed by atoms with Crippen molar-refractivity contribution in [3.8, 4) is 0 Å². The number of halogens is 7. The Morgan fingerprint density at radius 1 is 0.977 bits per heavy atom. The first-order valence-corrected chi connectivity index (χ1v) is 15.5. The monoisotopic (exact) mass is 662 g/mol. The first-order chi connectivity index (χ1) is 20.5. The molecule has 0 bridgehead atoms. The van der Waals surface area contributed by atoms with E-state index < -0.39 is 44.4 Å². The zero-order valence-corrected chi connectivity index (χ0v) is 25.4. The molecule has 0 fully saturated rings. The van der Waals surface area contributed by atoms with Crippen LogP contribution in [0.1, 0.15) is 37.2 Å². The highest BCUT2D eigenvalue weighted by atomic mass is 35.5. The van der Waals surface area contributed by atoms with Crippen LogP contribution in [0.15, 0.2) is 60.5 Å². The molecule has 3 aromatic rings. The van der Waals surface area contributed by atoms with Crippen LogP contribution in [-0.4, -0.2) is 36.9 Å². The Hall–Kier alpha value is -3.49. The lowest BCUT2D eigenvalue weighted by Gasteiger charge is -2.23. The SMILES string of the molecule is CCn1c(/C=C/C=C/C=C2\N(C)c3cc(Cl)c(C(F)(F)F)cc3N2CCCS(=O)(=O)[O-])[n+](CC)c2ccc(C(F)(F)F)cc21.